The van der Waals surface area contributed by atoms with Crippen molar-refractivity contribution in [1.82, 2.24) is 5.32 Å². The Morgan fingerprint density at radius 2 is 1.79 bits per heavy atom. The van der Waals surface area contributed by atoms with Crippen LogP contribution in [0.2, 0.25) is 0 Å². The van der Waals surface area contributed by atoms with Crippen LogP contribution in [0.3, 0.4) is 0 Å². The highest BCUT2D eigenvalue weighted by Crippen LogP contribution is 2.29. The van der Waals surface area contributed by atoms with Crippen molar-refractivity contribution in [3.05, 3.63) is 71.3 Å². The fourth-order valence-corrected chi connectivity index (χ4v) is 3.05. The van der Waals surface area contributed by atoms with Gasteiger partial charge in [-0.2, -0.15) is 0 Å². The molecule has 124 valence electrons. The van der Waals surface area contributed by atoms with Gasteiger partial charge in [0.05, 0.1) is 11.6 Å². The molecule has 0 saturated carbocycles. The number of rotatable bonds is 4. The topological polar surface area (TPSA) is 55.4 Å². The average Bonchev–Trinajstić information content (AvgIpc) is 2.62. The minimum Gasteiger partial charge on any atom is -0.449 e. The van der Waals surface area contributed by atoms with E-state index in [2.05, 4.69) is 17.4 Å². The number of esters is 1. The minimum absolute atomic E-state index is 0.0136. The molecule has 2 aromatic carbocycles. The van der Waals surface area contributed by atoms with Crippen molar-refractivity contribution in [3.8, 4) is 0 Å². The average molecular weight is 323 g/mol. The van der Waals surface area contributed by atoms with Crippen LogP contribution < -0.4 is 5.32 Å². The van der Waals surface area contributed by atoms with E-state index >= 15 is 0 Å². The predicted octanol–water partition coefficient (Wildman–Crippen LogP) is 3.43. The molecule has 0 spiro atoms. The zero-order valence-corrected chi connectivity index (χ0v) is 13.7. The maximum atomic E-state index is 12.4. The molecule has 1 N–H and O–H groups in total. The first kappa shape index (κ1) is 16.2. The van der Waals surface area contributed by atoms with Gasteiger partial charge in [-0.15, -0.1) is 0 Å². The number of ether oxygens (including phenoxy) is 1. The van der Waals surface area contributed by atoms with Crippen molar-refractivity contribution in [2.45, 2.75) is 38.3 Å². The van der Waals surface area contributed by atoms with E-state index < -0.39 is 12.1 Å². The quantitative estimate of drug-likeness (QED) is 0.877. The van der Waals surface area contributed by atoms with Crippen LogP contribution in [-0.4, -0.2) is 18.0 Å². The lowest BCUT2D eigenvalue weighted by atomic mass is 9.87. The summed E-state index contributed by atoms with van der Waals surface area (Å²) in [6.45, 7) is 1.60. The largest absolute Gasteiger partial charge is 0.449 e. The van der Waals surface area contributed by atoms with Gasteiger partial charge in [-0.05, 0) is 49.4 Å². The second kappa shape index (κ2) is 7.30. The number of aryl methyl sites for hydroxylation is 1. The maximum Gasteiger partial charge on any atom is 0.338 e. The molecule has 1 aliphatic rings. The number of hydrogen-bond donors (Lipinski definition) is 1. The molecule has 0 aromatic heterocycles. The van der Waals surface area contributed by atoms with Gasteiger partial charge in [0.25, 0.3) is 5.91 Å². The molecule has 0 heterocycles. The maximum absolute atomic E-state index is 12.4. The SMILES string of the molecule is C[C@@H](OC(=O)c1ccccc1)C(=O)N[C@@H]1CCCc2ccccc21. The van der Waals surface area contributed by atoms with Gasteiger partial charge in [-0.25, -0.2) is 4.79 Å². The Kier molecular flexibility index (Phi) is 4.94. The van der Waals surface area contributed by atoms with E-state index in [0.717, 1.165) is 19.3 Å². The Balaban J connectivity index is 1.62. The number of amides is 1. The zero-order chi connectivity index (χ0) is 16.9. The molecule has 2 aromatic rings. The van der Waals surface area contributed by atoms with Crippen LogP contribution in [0.15, 0.2) is 54.6 Å². The van der Waals surface area contributed by atoms with Crippen LogP contribution in [0.25, 0.3) is 0 Å². The third-order valence-corrected chi connectivity index (χ3v) is 4.35. The molecule has 0 aliphatic heterocycles. The molecule has 4 nitrogen and oxygen atoms in total. The van der Waals surface area contributed by atoms with Crippen molar-refractivity contribution < 1.29 is 14.3 Å². The second-order valence-corrected chi connectivity index (χ2v) is 6.07. The summed E-state index contributed by atoms with van der Waals surface area (Å²) in [5, 5.41) is 3.02. The smallest absolute Gasteiger partial charge is 0.338 e. The summed E-state index contributed by atoms with van der Waals surface area (Å²) in [7, 11) is 0. The molecule has 2 atom stereocenters. The van der Waals surface area contributed by atoms with E-state index in [-0.39, 0.29) is 11.9 Å². The molecule has 0 unspecified atom stereocenters. The van der Waals surface area contributed by atoms with Crippen molar-refractivity contribution >= 4 is 11.9 Å². The van der Waals surface area contributed by atoms with E-state index in [1.165, 1.54) is 11.1 Å². The molecular formula is C20H21NO3. The first-order valence-electron chi connectivity index (χ1n) is 8.29. The van der Waals surface area contributed by atoms with Gasteiger partial charge >= 0.3 is 5.97 Å². The molecule has 0 fully saturated rings. The van der Waals surface area contributed by atoms with Crippen molar-refractivity contribution in [2.75, 3.05) is 0 Å². The third kappa shape index (κ3) is 3.65. The van der Waals surface area contributed by atoms with Crippen LogP contribution in [0.5, 0.6) is 0 Å². The first-order valence-corrected chi connectivity index (χ1v) is 8.29. The summed E-state index contributed by atoms with van der Waals surface area (Å²) < 4.78 is 5.28. The van der Waals surface area contributed by atoms with Crippen molar-refractivity contribution in [1.29, 1.82) is 0 Å². The van der Waals surface area contributed by atoms with Crippen LogP contribution in [-0.2, 0) is 16.0 Å². The Hall–Kier alpha value is -2.62. The Labute approximate surface area is 141 Å². The lowest BCUT2D eigenvalue weighted by molar-refractivity contribution is -0.130. The minimum atomic E-state index is -0.827. The van der Waals surface area contributed by atoms with Gasteiger partial charge in [0.15, 0.2) is 6.10 Å². The number of fused-ring (bicyclic) bond motifs is 1. The molecule has 0 bridgehead atoms. The number of hydrogen-bond acceptors (Lipinski definition) is 3. The summed E-state index contributed by atoms with van der Waals surface area (Å²) in [6, 6.07) is 16.9. The monoisotopic (exact) mass is 323 g/mol. The summed E-state index contributed by atoms with van der Waals surface area (Å²) in [6.07, 6.45) is 2.16. The lowest BCUT2D eigenvalue weighted by Gasteiger charge is -2.27. The summed E-state index contributed by atoms with van der Waals surface area (Å²) >= 11 is 0. The zero-order valence-electron chi connectivity index (χ0n) is 13.7. The predicted molar refractivity (Wildman–Crippen MR) is 91.6 cm³/mol. The first-order chi connectivity index (χ1) is 11.6. The summed E-state index contributed by atoms with van der Waals surface area (Å²) in [4.78, 5) is 24.4. The standard InChI is InChI=1S/C20H21NO3/c1-14(24-20(23)16-9-3-2-4-10-16)19(22)21-18-13-7-11-15-8-5-6-12-17(15)18/h2-6,8-10,12,14,18H,7,11,13H2,1H3,(H,21,22)/t14-,18-/m1/s1. The number of carbonyl (C=O) groups is 2. The van der Waals surface area contributed by atoms with Crippen LogP contribution in [0, 0.1) is 0 Å². The fourth-order valence-electron chi connectivity index (χ4n) is 3.05. The third-order valence-electron chi connectivity index (χ3n) is 4.35. The lowest BCUT2D eigenvalue weighted by Crippen LogP contribution is -2.39. The van der Waals surface area contributed by atoms with Gasteiger partial charge in [-0.1, -0.05) is 42.5 Å². The number of carbonyl (C=O) groups excluding carboxylic acids is 2. The van der Waals surface area contributed by atoms with Crippen LogP contribution in [0.4, 0.5) is 0 Å². The molecule has 0 radical (unpaired) electrons. The van der Waals surface area contributed by atoms with E-state index in [1.54, 1.807) is 31.2 Å². The molecular weight excluding hydrogens is 302 g/mol. The number of benzene rings is 2. The van der Waals surface area contributed by atoms with Gasteiger partial charge < -0.3 is 10.1 Å². The van der Waals surface area contributed by atoms with Gasteiger partial charge in [0, 0.05) is 0 Å². The molecule has 1 amide bonds. The summed E-state index contributed by atoms with van der Waals surface area (Å²) in [5.74, 6) is -0.747. The van der Waals surface area contributed by atoms with Crippen LogP contribution in [0.1, 0.15) is 47.3 Å². The highest BCUT2D eigenvalue weighted by atomic mass is 16.5. The highest BCUT2D eigenvalue weighted by Gasteiger charge is 2.25. The van der Waals surface area contributed by atoms with Crippen molar-refractivity contribution in [2.24, 2.45) is 0 Å². The Morgan fingerprint density at radius 1 is 1.08 bits per heavy atom. The van der Waals surface area contributed by atoms with Gasteiger partial charge in [0.1, 0.15) is 0 Å². The Bertz CT molecular complexity index is 727. The van der Waals surface area contributed by atoms with Crippen molar-refractivity contribution in [3.63, 3.8) is 0 Å². The second-order valence-electron chi connectivity index (χ2n) is 6.07. The van der Waals surface area contributed by atoms with E-state index in [0.29, 0.717) is 5.56 Å². The van der Waals surface area contributed by atoms with Gasteiger partial charge in [-0.3, -0.25) is 4.79 Å². The normalized spacial score (nSPS) is 17.5. The molecule has 4 heteroatoms. The molecule has 3 rings (SSSR count). The number of nitrogens with one attached hydrogen (secondary N) is 1. The van der Waals surface area contributed by atoms with E-state index in [9.17, 15) is 9.59 Å². The Morgan fingerprint density at radius 3 is 2.58 bits per heavy atom. The van der Waals surface area contributed by atoms with E-state index in [4.69, 9.17) is 4.74 Å². The highest BCUT2D eigenvalue weighted by molar-refractivity contribution is 5.92. The van der Waals surface area contributed by atoms with Gasteiger partial charge in [0.2, 0.25) is 0 Å². The summed E-state index contributed by atoms with van der Waals surface area (Å²) in [5.41, 5.74) is 2.89. The fraction of sp³-hybridized carbons (Fsp3) is 0.300. The van der Waals surface area contributed by atoms with Crippen LogP contribution >= 0.6 is 0 Å². The molecule has 1 aliphatic carbocycles. The van der Waals surface area contributed by atoms with E-state index in [1.807, 2.05) is 18.2 Å². The molecule has 0 saturated heterocycles. The molecule has 24 heavy (non-hydrogen) atoms.